The first kappa shape index (κ1) is 15.0. The maximum atomic E-state index is 12.2. The van der Waals surface area contributed by atoms with Gasteiger partial charge in [0.15, 0.2) is 5.13 Å². The third-order valence-electron chi connectivity index (χ3n) is 3.44. The summed E-state index contributed by atoms with van der Waals surface area (Å²) in [5, 5.41) is 5.37. The maximum Gasteiger partial charge on any atom is 0.273 e. The predicted octanol–water partition coefficient (Wildman–Crippen LogP) is 3.28. The monoisotopic (exact) mass is 335 g/mol. The first-order chi connectivity index (χ1) is 10.6. The molecule has 0 aliphatic carbocycles. The fourth-order valence-corrected chi connectivity index (χ4v) is 3.09. The molecule has 0 saturated carbocycles. The van der Waals surface area contributed by atoms with Gasteiger partial charge in [-0.2, -0.15) is 0 Å². The third kappa shape index (κ3) is 3.28. The van der Waals surface area contributed by atoms with Crippen LogP contribution >= 0.6 is 22.9 Å². The van der Waals surface area contributed by atoms with Crippen LogP contribution < -0.4 is 5.32 Å². The normalized spacial score (nSPS) is 14.1. The van der Waals surface area contributed by atoms with Crippen molar-refractivity contribution in [3.8, 4) is 0 Å². The highest BCUT2D eigenvalue weighted by Crippen LogP contribution is 2.20. The lowest BCUT2D eigenvalue weighted by atomic mass is 10.2. The molecule has 1 saturated heterocycles. The molecule has 0 radical (unpaired) electrons. The van der Waals surface area contributed by atoms with Crippen LogP contribution in [0.15, 0.2) is 29.6 Å². The van der Waals surface area contributed by atoms with Crippen LogP contribution in [0, 0.1) is 0 Å². The number of carbonyl (C=O) groups excluding carboxylic acids is 2. The Morgan fingerprint density at radius 3 is 2.55 bits per heavy atom. The molecule has 7 heteroatoms. The molecule has 3 rings (SSSR count). The van der Waals surface area contributed by atoms with Gasteiger partial charge in [0.05, 0.1) is 0 Å². The average Bonchev–Trinajstić information content (AvgIpc) is 3.19. The summed E-state index contributed by atoms with van der Waals surface area (Å²) in [4.78, 5) is 30.3. The molecule has 0 unspecified atom stereocenters. The number of thiazole rings is 1. The highest BCUT2D eigenvalue weighted by atomic mass is 35.5. The SMILES string of the molecule is O=C(Nc1nc(C(=O)N2CCCC2)cs1)c1ccc(Cl)cc1. The number of aromatic nitrogens is 1. The second kappa shape index (κ2) is 6.46. The average molecular weight is 336 g/mol. The lowest BCUT2D eigenvalue weighted by Crippen LogP contribution is -2.27. The van der Waals surface area contributed by atoms with Crippen LogP contribution in [0.2, 0.25) is 5.02 Å². The summed E-state index contributed by atoms with van der Waals surface area (Å²) in [6, 6.07) is 6.59. The molecule has 22 heavy (non-hydrogen) atoms. The van der Waals surface area contributed by atoms with Crippen molar-refractivity contribution in [1.29, 1.82) is 0 Å². The Bertz CT molecular complexity index is 693. The van der Waals surface area contributed by atoms with Gasteiger partial charge in [-0.05, 0) is 37.1 Å². The number of rotatable bonds is 3. The summed E-state index contributed by atoms with van der Waals surface area (Å²) in [6.45, 7) is 1.56. The standard InChI is InChI=1S/C15H14ClN3O2S/c16-11-5-3-10(4-6-11)13(20)18-15-17-12(9-22-15)14(21)19-7-1-2-8-19/h3-6,9H,1-2,7-8H2,(H,17,18,20). The topological polar surface area (TPSA) is 62.3 Å². The van der Waals surface area contributed by atoms with Crippen LogP contribution in [0.5, 0.6) is 0 Å². The molecule has 0 atom stereocenters. The van der Waals surface area contributed by atoms with Crippen LogP contribution in [0.25, 0.3) is 0 Å². The lowest BCUT2D eigenvalue weighted by molar-refractivity contribution is 0.0787. The number of hydrogen-bond donors (Lipinski definition) is 1. The molecule has 114 valence electrons. The Labute approximate surface area is 136 Å². The van der Waals surface area contributed by atoms with Crippen molar-refractivity contribution < 1.29 is 9.59 Å². The summed E-state index contributed by atoms with van der Waals surface area (Å²) in [6.07, 6.45) is 2.08. The van der Waals surface area contributed by atoms with E-state index >= 15 is 0 Å². The third-order valence-corrected chi connectivity index (χ3v) is 4.45. The highest BCUT2D eigenvalue weighted by molar-refractivity contribution is 7.14. The van der Waals surface area contributed by atoms with E-state index in [1.165, 1.54) is 11.3 Å². The van der Waals surface area contributed by atoms with E-state index in [1.54, 1.807) is 34.5 Å². The zero-order valence-corrected chi connectivity index (χ0v) is 13.3. The van der Waals surface area contributed by atoms with Crippen LogP contribution in [-0.4, -0.2) is 34.8 Å². The van der Waals surface area contributed by atoms with Gasteiger partial charge in [0, 0.05) is 29.1 Å². The van der Waals surface area contributed by atoms with Gasteiger partial charge >= 0.3 is 0 Å². The van der Waals surface area contributed by atoms with Crippen molar-refractivity contribution in [3.63, 3.8) is 0 Å². The number of anilines is 1. The van der Waals surface area contributed by atoms with Crippen molar-refractivity contribution in [1.82, 2.24) is 9.88 Å². The smallest absolute Gasteiger partial charge is 0.273 e. The number of nitrogens with one attached hydrogen (secondary N) is 1. The van der Waals surface area contributed by atoms with Gasteiger partial charge in [-0.25, -0.2) is 4.98 Å². The minimum atomic E-state index is -0.272. The molecule has 1 aliphatic rings. The van der Waals surface area contributed by atoms with Crippen molar-refractivity contribution in [3.05, 3.63) is 45.9 Å². The van der Waals surface area contributed by atoms with Gasteiger partial charge in [0.2, 0.25) is 0 Å². The quantitative estimate of drug-likeness (QED) is 0.936. The summed E-state index contributed by atoms with van der Waals surface area (Å²) in [7, 11) is 0. The van der Waals surface area contributed by atoms with Gasteiger partial charge in [-0.1, -0.05) is 11.6 Å². The van der Waals surface area contributed by atoms with Gasteiger partial charge in [-0.15, -0.1) is 11.3 Å². The molecule has 1 N–H and O–H groups in total. The number of benzene rings is 1. The van der Waals surface area contributed by atoms with E-state index in [0.29, 0.717) is 21.4 Å². The molecule has 1 aromatic heterocycles. The molecule has 1 aliphatic heterocycles. The second-order valence-electron chi connectivity index (χ2n) is 5.00. The Morgan fingerprint density at radius 1 is 1.18 bits per heavy atom. The molecule has 2 heterocycles. The van der Waals surface area contributed by atoms with Crippen molar-refractivity contribution in [2.75, 3.05) is 18.4 Å². The number of halogens is 1. The largest absolute Gasteiger partial charge is 0.337 e. The van der Waals surface area contributed by atoms with E-state index in [0.717, 1.165) is 25.9 Å². The van der Waals surface area contributed by atoms with Crippen LogP contribution in [0.4, 0.5) is 5.13 Å². The van der Waals surface area contributed by atoms with Gasteiger partial charge < -0.3 is 4.90 Å². The first-order valence-corrected chi connectivity index (χ1v) is 8.21. The van der Waals surface area contributed by atoms with Gasteiger partial charge in [0.1, 0.15) is 5.69 Å². The Hall–Kier alpha value is -1.92. The molecule has 1 fully saturated rings. The predicted molar refractivity (Wildman–Crippen MR) is 86.7 cm³/mol. The van der Waals surface area contributed by atoms with E-state index in [4.69, 9.17) is 11.6 Å². The fourth-order valence-electron chi connectivity index (χ4n) is 2.28. The molecule has 0 bridgehead atoms. The van der Waals surface area contributed by atoms with Crippen LogP contribution in [-0.2, 0) is 0 Å². The number of likely N-dealkylation sites (tertiary alicyclic amines) is 1. The molecular weight excluding hydrogens is 322 g/mol. The Balaban J connectivity index is 1.67. The number of nitrogens with zero attached hydrogens (tertiary/aromatic N) is 2. The summed E-state index contributed by atoms with van der Waals surface area (Å²) in [5.41, 5.74) is 0.880. The van der Waals surface area contributed by atoms with Crippen molar-refractivity contribution >= 4 is 39.9 Å². The van der Waals surface area contributed by atoms with E-state index in [9.17, 15) is 9.59 Å². The number of hydrogen-bond acceptors (Lipinski definition) is 4. The number of carbonyl (C=O) groups is 2. The second-order valence-corrected chi connectivity index (χ2v) is 6.29. The highest BCUT2D eigenvalue weighted by Gasteiger charge is 2.22. The van der Waals surface area contributed by atoms with Crippen LogP contribution in [0.3, 0.4) is 0 Å². The molecule has 5 nitrogen and oxygen atoms in total. The van der Waals surface area contributed by atoms with E-state index in [-0.39, 0.29) is 11.8 Å². The molecular formula is C15H14ClN3O2S. The minimum Gasteiger partial charge on any atom is -0.337 e. The lowest BCUT2D eigenvalue weighted by Gasteiger charge is -2.12. The van der Waals surface area contributed by atoms with E-state index < -0.39 is 0 Å². The minimum absolute atomic E-state index is 0.0688. The van der Waals surface area contributed by atoms with E-state index in [1.807, 2.05) is 0 Å². The Morgan fingerprint density at radius 2 is 1.86 bits per heavy atom. The zero-order valence-electron chi connectivity index (χ0n) is 11.7. The van der Waals surface area contributed by atoms with E-state index in [2.05, 4.69) is 10.3 Å². The molecule has 2 aromatic rings. The summed E-state index contributed by atoms with van der Waals surface area (Å²) in [5.74, 6) is -0.341. The van der Waals surface area contributed by atoms with Gasteiger partial charge in [0.25, 0.3) is 11.8 Å². The maximum absolute atomic E-state index is 12.2. The van der Waals surface area contributed by atoms with Gasteiger partial charge in [-0.3, -0.25) is 14.9 Å². The molecule has 1 aromatic carbocycles. The Kier molecular flexibility index (Phi) is 4.40. The summed E-state index contributed by atoms with van der Waals surface area (Å²) >= 11 is 7.04. The number of amides is 2. The first-order valence-electron chi connectivity index (χ1n) is 6.95. The van der Waals surface area contributed by atoms with Crippen LogP contribution in [0.1, 0.15) is 33.7 Å². The zero-order chi connectivity index (χ0) is 15.5. The fraction of sp³-hybridized carbons (Fsp3) is 0.267. The van der Waals surface area contributed by atoms with Crippen molar-refractivity contribution in [2.45, 2.75) is 12.8 Å². The van der Waals surface area contributed by atoms with Crippen molar-refractivity contribution in [2.24, 2.45) is 0 Å². The molecule has 2 amide bonds. The molecule has 0 spiro atoms. The summed E-state index contributed by atoms with van der Waals surface area (Å²) < 4.78 is 0.